The van der Waals surface area contributed by atoms with E-state index >= 15 is 0 Å². The van der Waals surface area contributed by atoms with Gasteiger partial charge in [-0.1, -0.05) is 13.8 Å². The molecule has 0 aromatic heterocycles. The van der Waals surface area contributed by atoms with Crippen molar-refractivity contribution < 1.29 is 14.7 Å². The van der Waals surface area contributed by atoms with Crippen LogP contribution in [0.2, 0.25) is 0 Å². The van der Waals surface area contributed by atoms with Crippen LogP contribution in [0.5, 0.6) is 0 Å². The van der Waals surface area contributed by atoms with Crippen molar-refractivity contribution >= 4 is 11.8 Å². The Morgan fingerprint density at radius 2 is 1.85 bits per heavy atom. The fraction of sp³-hybridized carbons (Fsp3) is 0.750. The molecule has 1 unspecified atom stereocenters. The summed E-state index contributed by atoms with van der Waals surface area (Å²) in [7, 11) is 0. The number of hydrogen-bond acceptors (Lipinski definition) is 3. The van der Waals surface area contributed by atoms with Crippen molar-refractivity contribution in [3.8, 4) is 0 Å². The van der Waals surface area contributed by atoms with Gasteiger partial charge in [-0.2, -0.15) is 0 Å². The number of nitrogens with two attached hydrogens (primary N) is 2. The van der Waals surface area contributed by atoms with E-state index < -0.39 is 23.8 Å². The molecule has 5 nitrogen and oxygen atoms in total. The summed E-state index contributed by atoms with van der Waals surface area (Å²) in [5.74, 6) is -1.57. The summed E-state index contributed by atoms with van der Waals surface area (Å²) in [5.41, 5.74) is 8.06. The first-order valence-electron chi connectivity index (χ1n) is 4.08. The van der Waals surface area contributed by atoms with E-state index in [1.807, 2.05) is 13.8 Å². The van der Waals surface area contributed by atoms with Gasteiger partial charge in [0.2, 0.25) is 11.8 Å². The Kier molecular flexibility index (Phi) is 3.87. The van der Waals surface area contributed by atoms with Gasteiger partial charge in [-0.3, -0.25) is 9.59 Å². The molecular weight excluding hydrogens is 172 g/mol. The van der Waals surface area contributed by atoms with E-state index in [0.29, 0.717) is 0 Å². The first kappa shape index (κ1) is 11.9. The van der Waals surface area contributed by atoms with Gasteiger partial charge >= 0.3 is 0 Å². The second-order valence-electron chi connectivity index (χ2n) is 3.64. The van der Waals surface area contributed by atoms with E-state index in [9.17, 15) is 14.7 Å². The van der Waals surface area contributed by atoms with E-state index in [-0.39, 0.29) is 12.3 Å². The van der Waals surface area contributed by atoms with Crippen molar-refractivity contribution in [2.75, 3.05) is 0 Å². The van der Waals surface area contributed by atoms with Crippen LogP contribution in [0, 0.1) is 5.92 Å². The van der Waals surface area contributed by atoms with Gasteiger partial charge in [-0.05, 0) is 12.3 Å². The number of carbonyl (C=O) groups excluding carboxylic acids is 2. The van der Waals surface area contributed by atoms with Crippen LogP contribution < -0.4 is 11.5 Å². The van der Waals surface area contributed by atoms with Crippen molar-refractivity contribution in [3.05, 3.63) is 0 Å². The zero-order valence-corrected chi connectivity index (χ0v) is 7.91. The zero-order chi connectivity index (χ0) is 10.6. The number of amides is 2. The van der Waals surface area contributed by atoms with Gasteiger partial charge in [0.25, 0.3) is 0 Å². The third kappa shape index (κ3) is 3.89. The number of primary amides is 2. The molecule has 0 aromatic carbocycles. The molecule has 0 saturated heterocycles. The molecule has 0 bridgehead atoms. The number of hydrogen-bond donors (Lipinski definition) is 3. The van der Waals surface area contributed by atoms with Crippen molar-refractivity contribution in [1.29, 1.82) is 0 Å². The van der Waals surface area contributed by atoms with Crippen molar-refractivity contribution in [2.24, 2.45) is 17.4 Å². The lowest BCUT2D eigenvalue weighted by molar-refractivity contribution is -0.143. The maximum atomic E-state index is 10.9. The van der Waals surface area contributed by atoms with E-state index in [4.69, 9.17) is 11.5 Å². The molecule has 0 aliphatic heterocycles. The van der Waals surface area contributed by atoms with Crippen LogP contribution in [0.25, 0.3) is 0 Å². The highest BCUT2D eigenvalue weighted by Gasteiger charge is 2.36. The van der Waals surface area contributed by atoms with Gasteiger partial charge in [0.05, 0.1) is 6.42 Å². The molecule has 0 fully saturated rings. The summed E-state index contributed by atoms with van der Waals surface area (Å²) in [5, 5.41) is 9.65. The molecule has 5 heteroatoms. The molecule has 0 rings (SSSR count). The first-order valence-corrected chi connectivity index (χ1v) is 4.08. The average Bonchev–Trinajstić information content (AvgIpc) is 1.82. The third-order valence-electron chi connectivity index (χ3n) is 1.67. The summed E-state index contributed by atoms with van der Waals surface area (Å²) in [4.78, 5) is 21.4. The molecule has 0 radical (unpaired) electrons. The number of rotatable bonds is 5. The van der Waals surface area contributed by atoms with Crippen LogP contribution in [-0.2, 0) is 9.59 Å². The van der Waals surface area contributed by atoms with Gasteiger partial charge in [0.1, 0.15) is 0 Å². The van der Waals surface area contributed by atoms with Gasteiger partial charge in [-0.25, -0.2) is 0 Å². The predicted molar refractivity (Wildman–Crippen MR) is 47.4 cm³/mol. The molecule has 5 N–H and O–H groups in total. The van der Waals surface area contributed by atoms with Crippen molar-refractivity contribution in [1.82, 2.24) is 0 Å². The van der Waals surface area contributed by atoms with Gasteiger partial charge in [-0.15, -0.1) is 0 Å². The van der Waals surface area contributed by atoms with E-state index in [1.54, 1.807) is 0 Å². The number of aliphatic hydroxyl groups is 1. The highest BCUT2D eigenvalue weighted by Crippen LogP contribution is 2.19. The van der Waals surface area contributed by atoms with Gasteiger partial charge in [0, 0.05) is 0 Å². The van der Waals surface area contributed by atoms with Gasteiger partial charge < -0.3 is 16.6 Å². The highest BCUT2D eigenvalue weighted by atomic mass is 16.3. The SMILES string of the molecule is CC(C)CC(O)(CC(N)=O)C(N)=O. The summed E-state index contributed by atoms with van der Waals surface area (Å²) in [6.07, 6.45) is -0.272. The topological polar surface area (TPSA) is 106 Å². The largest absolute Gasteiger partial charge is 0.379 e. The Labute approximate surface area is 77.1 Å². The standard InChI is InChI=1S/C8H16N2O3/c1-5(2)3-8(13,7(10)12)4-6(9)11/h5,13H,3-4H2,1-2H3,(H2,9,11)(H2,10,12). The monoisotopic (exact) mass is 188 g/mol. The minimum atomic E-state index is -1.79. The summed E-state index contributed by atoms with van der Waals surface area (Å²) >= 11 is 0. The molecular formula is C8H16N2O3. The minimum Gasteiger partial charge on any atom is -0.379 e. The van der Waals surface area contributed by atoms with Crippen molar-refractivity contribution in [2.45, 2.75) is 32.3 Å². The summed E-state index contributed by atoms with van der Waals surface area (Å²) < 4.78 is 0. The Balaban J connectivity index is 4.52. The predicted octanol–water partition coefficient (Wildman–Crippen LogP) is -0.876. The zero-order valence-electron chi connectivity index (χ0n) is 7.91. The lowest BCUT2D eigenvalue weighted by atomic mass is 9.88. The lowest BCUT2D eigenvalue weighted by Crippen LogP contribution is -2.47. The molecule has 0 heterocycles. The second kappa shape index (κ2) is 4.23. The average molecular weight is 188 g/mol. The fourth-order valence-corrected chi connectivity index (χ4v) is 1.22. The van der Waals surface area contributed by atoms with E-state index in [1.165, 1.54) is 0 Å². The van der Waals surface area contributed by atoms with Crippen LogP contribution in [0.15, 0.2) is 0 Å². The van der Waals surface area contributed by atoms with Crippen LogP contribution in [-0.4, -0.2) is 22.5 Å². The lowest BCUT2D eigenvalue weighted by Gasteiger charge is -2.24. The van der Waals surface area contributed by atoms with Gasteiger partial charge in [0.15, 0.2) is 5.60 Å². The Morgan fingerprint density at radius 3 is 2.08 bits per heavy atom. The molecule has 2 amide bonds. The molecule has 76 valence electrons. The smallest absolute Gasteiger partial charge is 0.249 e. The molecule has 0 spiro atoms. The minimum absolute atomic E-state index is 0.0665. The molecule has 1 atom stereocenters. The maximum Gasteiger partial charge on any atom is 0.249 e. The summed E-state index contributed by atoms with van der Waals surface area (Å²) in [6, 6.07) is 0. The Bertz CT molecular complexity index is 215. The van der Waals surface area contributed by atoms with E-state index in [2.05, 4.69) is 0 Å². The maximum absolute atomic E-state index is 10.9. The molecule has 0 saturated carbocycles. The quantitative estimate of drug-likeness (QED) is 0.521. The van der Waals surface area contributed by atoms with Crippen LogP contribution in [0.1, 0.15) is 26.7 Å². The second-order valence-corrected chi connectivity index (χ2v) is 3.64. The Hall–Kier alpha value is -1.10. The highest BCUT2D eigenvalue weighted by molar-refractivity contribution is 5.89. The number of carbonyl (C=O) groups is 2. The van der Waals surface area contributed by atoms with Crippen LogP contribution >= 0.6 is 0 Å². The molecule has 0 aromatic rings. The summed E-state index contributed by atoms with van der Waals surface area (Å²) in [6.45, 7) is 3.63. The third-order valence-corrected chi connectivity index (χ3v) is 1.67. The van der Waals surface area contributed by atoms with Crippen molar-refractivity contribution in [3.63, 3.8) is 0 Å². The van der Waals surface area contributed by atoms with Crippen LogP contribution in [0.3, 0.4) is 0 Å². The van der Waals surface area contributed by atoms with Crippen LogP contribution in [0.4, 0.5) is 0 Å². The molecule has 0 aliphatic rings. The fourth-order valence-electron chi connectivity index (χ4n) is 1.22. The molecule has 13 heavy (non-hydrogen) atoms. The normalized spacial score (nSPS) is 15.4. The first-order chi connectivity index (χ1) is 5.78. The molecule has 0 aliphatic carbocycles. The Morgan fingerprint density at radius 1 is 1.38 bits per heavy atom. The van der Waals surface area contributed by atoms with E-state index in [0.717, 1.165) is 0 Å².